The minimum absolute atomic E-state index is 0.0746. The molecule has 3 aromatic rings. The molecule has 0 bridgehead atoms. The summed E-state index contributed by atoms with van der Waals surface area (Å²) in [6.07, 6.45) is 3.37. The van der Waals surface area contributed by atoms with E-state index in [1.54, 1.807) is 23.0 Å². The average molecular weight is 396 g/mol. The molecule has 1 fully saturated rings. The fourth-order valence-corrected chi connectivity index (χ4v) is 3.56. The van der Waals surface area contributed by atoms with Crippen LogP contribution in [0.4, 0.5) is 8.78 Å². The second-order valence-corrected chi connectivity index (χ2v) is 7.25. The van der Waals surface area contributed by atoms with E-state index in [9.17, 15) is 13.6 Å². The Kier molecular flexibility index (Phi) is 5.67. The molecule has 2 heterocycles. The van der Waals surface area contributed by atoms with Gasteiger partial charge in [0.25, 0.3) is 5.91 Å². The quantitative estimate of drug-likeness (QED) is 0.718. The summed E-state index contributed by atoms with van der Waals surface area (Å²) in [6, 6.07) is 15.4. The molecular weight excluding hydrogens is 374 g/mol. The van der Waals surface area contributed by atoms with Crippen LogP contribution in [0.2, 0.25) is 0 Å². The summed E-state index contributed by atoms with van der Waals surface area (Å²) in [7, 11) is 0. The molecule has 150 valence electrons. The monoisotopic (exact) mass is 396 g/mol. The van der Waals surface area contributed by atoms with Crippen LogP contribution in [-0.4, -0.2) is 39.7 Å². The molecule has 29 heavy (non-hydrogen) atoms. The molecule has 1 aliphatic heterocycles. The highest BCUT2D eigenvalue weighted by molar-refractivity contribution is 5.92. The standard InChI is InChI=1S/C22H22F2N4O/c23-19-7-6-16(14-20(19)24)15-27-11-8-17(9-12-27)25-22(29)21-10-13-28(26-21)18-4-2-1-3-5-18/h1-7,10,13-14,17H,8-9,11-12,15H2,(H,25,29). The minimum Gasteiger partial charge on any atom is -0.348 e. The van der Waals surface area contributed by atoms with Crippen LogP contribution in [0.15, 0.2) is 60.8 Å². The smallest absolute Gasteiger partial charge is 0.272 e. The number of carbonyl (C=O) groups is 1. The van der Waals surface area contributed by atoms with Gasteiger partial charge in [-0.1, -0.05) is 24.3 Å². The average Bonchev–Trinajstić information content (AvgIpc) is 3.23. The molecule has 0 unspecified atom stereocenters. The van der Waals surface area contributed by atoms with Gasteiger partial charge in [0.05, 0.1) is 5.69 Å². The van der Waals surface area contributed by atoms with E-state index >= 15 is 0 Å². The van der Waals surface area contributed by atoms with Gasteiger partial charge in [0.15, 0.2) is 17.3 Å². The number of likely N-dealkylation sites (tertiary alicyclic amines) is 1. The molecule has 5 nitrogen and oxygen atoms in total. The van der Waals surface area contributed by atoms with Gasteiger partial charge >= 0.3 is 0 Å². The maximum Gasteiger partial charge on any atom is 0.272 e. The summed E-state index contributed by atoms with van der Waals surface area (Å²) in [5, 5.41) is 7.41. The molecule has 2 aromatic carbocycles. The van der Waals surface area contributed by atoms with Crippen molar-refractivity contribution >= 4 is 5.91 Å². The normalized spacial score (nSPS) is 15.4. The van der Waals surface area contributed by atoms with Gasteiger partial charge in [-0.2, -0.15) is 5.10 Å². The summed E-state index contributed by atoms with van der Waals surface area (Å²) in [6.45, 7) is 2.13. The van der Waals surface area contributed by atoms with E-state index in [4.69, 9.17) is 0 Å². The Morgan fingerprint density at radius 2 is 1.79 bits per heavy atom. The van der Waals surface area contributed by atoms with Crippen molar-refractivity contribution < 1.29 is 13.6 Å². The molecule has 1 saturated heterocycles. The molecule has 4 rings (SSSR count). The second kappa shape index (κ2) is 8.53. The second-order valence-electron chi connectivity index (χ2n) is 7.25. The first-order valence-corrected chi connectivity index (χ1v) is 9.67. The first-order valence-electron chi connectivity index (χ1n) is 9.67. The zero-order valence-corrected chi connectivity index (χ0v) is 15.9. The maximum atomic E-state index is 13.4. The van der Waals surface area contributed by atoms with Crippen molar-refractivity contribution in [3.8, 4) is 5.69 Å². The third kappa shape index (κ3) is 4.68. The lowest BCUT2D eigenvalue weighted by Crippen LogP contribution is -2.44. The summed E-state index contributed by atoms with van der Waals surface area (Å²) in [5.41, 5.74) is 2.04. The van der Waals surface area contributed by atoms with Crippen molar-refractivity contribution in [2.45, 2.75) is 25.4 Å². The fraction of sp³-hybridized carbons (Fsp3) is 0.273. The molecular formula is C22H22F2N4O. The summed E-state index contributed by atoms with van der Waals surface area (Å²) in [5.74, 6) is -1.83. The SMILES string of the molecule is O=C(NC1CCN(Cc2ccc(F)c(F)c2)CC1)c1ccn(-c2ccccc2)n1. The van der Waals surface area contributed by atoms with E-state index in [0.717, 1.165) is 43.2 Å². The molecule has 0 radical (unpaired) electrons. The van der Waals surface area contributed by atoms with Crippen LogP contribution in [0.25, 0.3) is 5.69 Å². The zero-order valence-electron chi connectivity index (χ0n) is 15.9. The predicted octanol–water partition coefficient (Wildman–Crippen LogP) is 3.54. The Bertz CT molecular complexity index is 981. The van der Waals surface area contributed by atoms with Gasteiger partial charge in [-0.25, -0.2) is 13.5 Å². The van der Waals surface area contributed by atoms with Crippen LogP contribution in [-0.2, 0) is 6.54 Å². The summed E-state index contributed by atoms with van der Waals surface area (Å²) < 4.78 is 28.1. The van der Waals surface area contributed by atoms with E-state index in [2.05, 4.69) is 15.3 Å². The van der Waals surface area contributed by atoms with Gasteiger partial charge in [0, 0.05) is 31.9 Å². The Morgan fingerprint density at radius 1 is 1.03 bits per heavy atom. The van der Waals surface area contributed by atoms with Gasteiger partial charge in [-0.05, 0) is 48.7 Å². The molecule has 7 heteroatoms. The van der Waals surface area contributed by atoms with Crippen LogP contribution in [0, 0.1) is 11.6 Å². The molecule has 1 aliphatic rings. The lowest BCUT2D eigenvalue weighted by molar-refractivity contribution is 0.0903. The van der Waals surface area contributed by atoms with Crippen molar-refractivity contribution in [1.29, 1.82) is 0 Å². The predicted molar refractivity (Wildman–Crippen MR) is 106 cm³/mol. The number of nitrogens with zero attached hydrogens (tertiary/aromatic N) is 3. The van der Waals surface area contributed by atoms with Crippen molar-refractivity contribution in [1.82, 2.24) is 20.0 Å². The largest absolute Gasteiger partial charge is 0.348 e. The number of nitrogens with one attached hydrogen (secondary N) is 1. The van der Waals surface area contributed by atoms with Crippen LogP contribution < -0.4 is 5.32 Å². The number of para-hydroxylation sites is 1. The van der Waals surface area contributed by atoms with Gasteiger partial charge < -0.3 is 5.32 Å². The number of amides is 1. The zero-order chi connectivity index (χ0) is 20.2. The Labute approximate surface area is 168 Å². The third-order valence-electron chi connectivity index (χ3n) is 5.16. The van der Waals surface area contributed by atoms with Gasteiger partial charge in [0.1, 0.15) is 0 Å². The van der Waals surface area contributed by atoms with Gasteiger partial charge in [0.2, 0.25) is 0 Å². The van der Waals surface area contributed by atoms with Crippen LogP contribution in [0.5, 0.6) is 0 Å². The first kappa shape index (κ1) is 19.3. The van der Waals surface area contributed by atoms with Crippen molar-refractivity contribution in [3.05, 3.63) is 83.7 Å². The van der Waals surface area contributed by atoms with E-state index in [1.807, 2.05) is 30.3 Å². The number of halogens is 2. The lowest BCUT2D eigenvalue weighted by Gasteiger charge is -2.32. The van der Waals surface area contributed by atoms with E-state index in [0.29, 0.717) is 12.2 Å². The van der Waals surface area contributed by atoms with E-state index in [1.165, 1.54) is 6.07 Å². The number of rotatable bonds is 5. The molecule has 1 amide bonds. The molecule has 1 N–H and O–H groups in total. The molecule has 0 atom stereocenters. The van der Waals surface area contributed by atoms with E-state index in [-0.39, 0.29) is 11.9 Å². The van der Waals surface area contributed by atoms with Crippen LogP contribution in [0.3, 0.4) is 0 Å². The number of hydrogen-bond acceptors (Lipinski definition) is 3. The van der Waals surface area contributed by atoms with Crippen molar-refractivity contribution in [3.63, 3.8) is 0 Å². The van der Waals surface area contributed by atoms with E-state index < -0.39 is 11.6 Å². The number of hydrogen-bond donors (Lipinski definition) is 1. The summed E-state index contributed by atoms with van der Waals surface area (Å²) >= 11 is 0. The van der Waals surface area contributed by atoms with Crippen molar-refractivity contribution in [2.24, 2.45) is 0 Å². The highest BCUT2D eigenvalue weighted by atomic mass is 19.2. The highest BCUT2D eigenvalue weighted by Gasteiger charge is 2.22. The van der Waals surface area contributed by atoms with Gasteiger partial charge in [-0.15, -0.1) is 0 Å². The third-order valence-corrected chi connectivity index (χ3v) is 5.16. The molecule has 1 aromatic heterocycles. The first-order chi connectivity index (χ1) is 14.1. The van der Waals surface area contributed by atoms with Crippen LogP contribution >= 0.6 is 0 Å². The summed E-state index contributed by atoms with van der Waals surface area (Å²) in [4.78, 5) is 14.7. The minimum atomic E-state index is -0.829. The van der Waals surface area contributed by atoms with Gasteiger partial charge in [-0.3, -0.25) is 9.69 Å². The van der Waals surface area contributed by atoms with Crippen LogP contribution in [0.1, 0.15) is 28.9 Å². The topological polar surface area (TPSA) is 50.2 Å². The number of benzene rings is 2. The Hall–Kier alpha value is -3.06. The van der Waals surface area contributed by atoms with Crippen molar-refractivity contribution in [2.75, 3.05) is 13.1 Å². The fourth-order valence-electron chi connectivity index (χ4n) is 3.56. The number of aromatic nitrogens is 2. The Balaban J connectivity index is 1.29. The molecule has 0 saturated carbocycles. The molecule has 0 spiro atoms. The number of carbonyl (C=O) groups excluding carboxylic acids is 1. The highest BCUT2D eigenvalue weighted by Crippen LogP contribution is 2.16. The molecule has 0 aliphatic carbocycles. The maximum absolute atomic E-state index is 13.4. The number of piperidine rings is 1. The lowest BCUT2D eigenvalue weighted by atomic mass is 10.0. The Morgan fingerprint density at radius 3 is 2.52 bits per heavy atom.